The molecule has 0 spiro atoms. The van der Waals surface area contributed by atoms with Crippen LogP contribution in [0.1, 0.15) is 92.9 Å². The second-order valence-electron chi connectivity index (χ2n) is 10.6. The molecule has 2 aliphatic rings. The summed E-state index contributed by atoms with van der Waals surface area (Å²) >= 11 is 0. The highest BCUT2D eigenvalue weighted by molar-refractivity contribution is 5.46. The molecule has 2 aromatic carbocycles. The Morgan fingerprint density at radius 3 is 2.50 bits per heavy atom. The predicted octanol–water partition coefficient (Wildman–Crippen LogP) is 9.28. The topological polar surface area (TPSA) is 0 Å². The van der Waals surface area contributed by atoms with Gasteiger partial charge in [-0.3, -0.25) is 0 Å². The van der Waals surface area contributed by atoms with E-state index in [4.69, 9.17) is 0 Å². The minimum atomic E-state index is -0.950. The Bertz CT molecular complexity index is 1150. The van der Waals surface area contributed by atoms with Crippen LogP contribution in [0.4, 0.5) is 13.2 Å². The lowest BCUT2D eigenvalue weighted by molar-refractivity contribution is 0.114. The summed E-state index contributed by atoms with van der Waals surface area (Å²) in [6.45, 7) is 5.70. The molecular weight excluding hydrogens is 453 g/mol. The smallest absolute Gasteiger partial charge is 0.174 e. The van der Waals surface area contributed by atoms with Gasteiger partial charge in [0.2, 0.25) is 0 Å². The number of hydrogen-bond acceptors (Lipinski definition) is 0. The lowest BCUT2D eigenvalue weighted by Gasteiger charge is -2.42. The summed E-state index contributed by atoms with van der Waals surface area (Å²) in [5.74, 6) is 6.03. The molecule has 0 aromatic heterocycles. The molecule has 2 aliphatic carbocycles. The molecule has 0 nitrogen and oxygen atoms in total. The molecular formula is C33H37F3. The van der Waals surface area contributed by atoms with Crippen LogP contribution in [0.2, 0.25) is 0 Å². The van der Waals surface area contributed by atoms with Crippen molar-refractivity contribution in [2.24, 2.45) is 17.8 Å². The van der Waals surface area contributed by atoms with Crippen molar-refractivity contribution in [3.8, 4) is 11.8 Å². The van der Waals surface area contributed by atoms with Gasteiger partial charge in [0.05, 0.1) is 5.56 Å². The average Bonchev–Trinajstić information content (AvgIpc) is 2.89. The van der Waals surface area contributed by atoms with Gasteiger partial charge in [-0.05, 0) is 118 Å². The summed E-state index contributed by atoms with van der Waals surface area (Å²) in [6.07, 6.45) is 16.7. The Morgan fingerprint density at radius 1 is 0.917 bits per heavy atom. The fraction of sp³-hybridized carbons (Fsp3) is 0.455. The molecule has 4 atom stereocenters. The monoisotopic (exact) mass is 490 g/mol. The molecule has 190 valence electrons. The average molecular weight is 491 g/mol. The maximum absolute atomic E-state index is 15.1. The molecule has 0 saturated heterocycles. The van der Waals surface area contributed by atoms with Crippen molar-refractivity contribution in [3.05, 3.63) is 94.8 Å². The number of hydrogen-bond donors (Lipinski definition) is 0. The summed E-state index contributed by atoms with van der Waals surface area (Å²) < 4.78 is 43.9. The van der Waals surface area contributed by atoms with E-state index in [0.29, 0.717) is 29.9 Å². The van der Waals surface area contributed by atoms with Crippen molar-refractivity contribution < 1.29 is 13.2 Å². The molecule has 0 radical (unpaired) electrons. The third-order valence-corrected chi connectivity index (χ3v) is 8.26. The highest BCUT2D eigenvalue weighted by Gasteiger charge is 2.36. The van der Waals surface area contributed by atoms with E-state index in [9.17, 15) is 8.78 Å². The third kappa shape index (κ3) is 6.33. The second kappa shape index (κ2) is 12.5. The predicted molar refractivity (Wildman–Crippen MR) is 142 cm³/mol. The molecule has 0 heterocycles. The Hall–Kier alpha value is -2.73. The zero-order valence-electron chi connectivity index (χ0n) is 21.3. The Morgan fingerprint density at radius 2 is 1.72 bits per heavy atom. The van der Waals surface area contributed by atoms with Crippen LogP contribution in [0.25, 0.3) is 0 Å². The van der Waals surface area contributed by atoms with E-state index in [1.807, 2.05) is 12.1 Å². The molecule has 2 fully saturated rings. The van der Waals surface area contributed by atoms with Crippen LogP contribution < -0.4 is 0 Å². The van der Waals surface area contributed by atoms with Gasteiger partial charge in [-0.25, -0.2) is 13.2 Å². The SMILES string of the molecule is C=CCCc1ccc(C#Cc2ccc(C3CCC4CC(CC/C=C/C)CCC4C3)c(F)c2)c(F)c1F. The van der Waals surface area contributed by atoms with Crippen LogP contribution in [0, 0.1) is 47.0 Å². The summed E-state index contributed by atoms with van der Waals surface area (Å²) in [5.41, 5.74) is 1.55. The standard InChI is InChI=1S/C33H37F3/c1-3-5-7-8-23-11-14-28-22-29(18-17-27(28)20-23)30-19-12-24(21-31(30)34)10-13-26-16-15-25(9-6-4-2)32(35)33(26)36/h3-5,12,15-16,19,21,23,27-29H,2,6-9,11,14,17-18,20,22H2,1H3/b5-3+. The quantitative estimate of drug-likeness (QED) is 0.268. The minimum Gasteiger partial charge on any atom is -0.207 e. The lowest BCUT2D eigenvalue weighted by Crippen LogP contribution is -2.30. The molecule has 4 rings (SSSR count). The summed E-state index contributed by atoms with van der Waals surface area (Å²) in [6, 6.07) is 8.15. The summed E-state index contributed by atoms with van der Waals surface area (Å²) in [7, 11) is 0. The first-order chi connectivity index (χ1) is 17.5. The molecule has 3 heteroatoms. The fourth-order valence-electron chi connectivity index (χ4n) is 6.24. The number of halogens is 3. The highest BCUT2D eigenvalue weighted by Crippen LogP contribution is 2.48. The number of fused-ring (bicyclic) bond motifs is 1. The number of rotatable bonds is 7. The molecule has 2 aromatic rings. The van der Waals surface area contributed by atoms with Crippen LogP contribution in [0.15, 0.2) is 55.1 Å². The zero-order chi connectivity index (χ0) is 25.5. The number of aryl methyl sites for hydroxylation is 1. The molecule has 0 N–H and O–H groups in total. The molecule has 4 unspecified atom stereocenters. The summed E-state index contributed by atoms with van der Waals surface area (Å²) in [4.78, 5) is 0. The largest absolute Gasteiger partial charge is 0.207 e. The Kier molecular flexibility index (Phi) is 9.13. The lowest BCUT2D eigenvalue weighted by atomic mass is 9.63. The molecule has 36 heavy (non-hydrogen) atoms. The van der Waals surface area contributed by atoms with Crippen molar-refractivity contribution in [1.29, 1.82) is 0 Å². The van der Waals surface area contributed by atoms with Gasteiger partial charge in [-0.15, -0.1) is 6.58 Å². The first kappa shape index (κ1) is 26.3. The zero-order valence-corrected chi connectivity index (χ0v) is 21.3. The van der Waals surface area contributed by atoms with Gasteiger partial charge in [0.15, 0.2) is 11.6 Å². The van der Waals surface area contributed by atoms with Crippen LogP contribution >= 0.6 is 0 Å². The third-order valence-electron chi connectivity index (χ3n) is 8.26. The van der Waals surface area contributed by atoms with Crippen LogP contribution in [-0.2, 0) is 6.42 Å². The summed E-state index contributed by atoms with van der Waals surface area (Å²) in [5, 5.41) is 0. The van der Waals surface area contributed by atoms with Crippen LogP contribution in [0.5, 0.6) is 0 Å². The highest BCUT2D eigenvalue weighted by atomic mass is 19.2. The number of benzene rings is 2. The maximum Gasteiger partial charge on any atom is 0.174 e. The van der Waals surface area contributed by atoms with Gasteiger partial charge in [0.1, 0.15) is 5.82 Å². The van der Waals surface area contributed by atoms with E-state index >= 15 is 4.39 Å². The van der Waals surface area contributed by atoms with Gasteiger partial charge < -0.3 is 0 Å². The normalized spacial score (nSPS) is 23.7. The van der Waals surface area contributed by atoms with Crippen molar-refractivity contribution in [1.82, 2.24) is 0 Å². The van der Waals surface area contributed by atoms with E-state index < -0.39 is 11.6 Å². The van der Waals surface area contributed by atoms with E-state index in [2.05, 4.69) is 37.5 Å². The first-order valence-corrected chi connectivity index (χ1v) is 13.5. The van der Waals surface area contributed by atoms with E-state index in [-0.39, 0.29) is 17.3 Å². The van der Waals surface area contributed by atoms with Gasteiger partial charge in [-0.2, -0.15) is 0 Å². The van der Waals surface area contributed by atoms with Crippen molar-refractivity contribution >= 4 is 0 Å². The minimum absolute atomic E-state index is 0.0148. The van der Waals surface area contributed by atoms with Gasteiger partial charge in [0.25, 0.3) is 0 Å². The fourth-order valence-corrected chi connectivity index (χ4v) is 6.24. The van der Waals surface area contributed by atoms with E-state index in [1.165, 1.54) is 50.7 Å². The first-order valence-electron chi connectivity index (χ1n) is 13.5. The molecule has 0 aliphatic heterocycles. The second-order valence-corrected chi connectivity index (χ2v) is 10.6. The van der Waals surface area contributed by atoms with Crippen LogP contribution in [0.3, 0.4) is 0 Å². The van der Waals surface area contributed by atoms with Crippen molar-refractivity contribution in [2.75, 3.05) is 0 Å². The van der Waals surface area contributed by atoms with Gasteiger partial charge in [-0.1, -0.05) is 48.6 Å². The molecule has 2 saturated carbocycles. The van der Waals surface area contributed by atoms with Gasteiger partial charge >= 0.3 is 0 Å². The van der Waals surface area contributed by atoms with Crippen molar-refractivity contribution in [2.45, 2.75) is 77.0 Å². The Balaban J connectivity index is 1.40. The van der Waals surface area contributed by atoms with Crippen molar-refractivity contribution in [3.63, 3.8) is 0 Å². The molecule has 0 amide bonds. The molecule has 0 bridgehead atoms. The maximum atomic E-state index is 15.1. The van der Waals surface area contributed by atoms with Crippen LogP contribution in [-0.4, -0.2) is 0 Å². The van der Waals surface area contributed by atoms with Gasteiger partial charge in [0, 0.05) is 5.56 Å². The Labute approximate surface area is 214 Å². The number of allylic oxidation sites excluding steroid dienone is 3. The van der Waals surface area contributed by atoms with E-state index in [0.717, 1.165) is 30.2 Å². The van der Waals surface area contributed by atoms with E-state index in [1.54, 1.807) is 12.1 Å².